The molecule has 1 atom stereocenters. The lowest BCUT2D eigenvalue weighted by molar-refractivity contribution is -0.117. The summed E-state index contributed by atoms with van der Waals surface area (Å²) in [5.74, 6) is 0.597. The van der Waals surface area contributed by atoms with Crippen molar-refractivity contribution in [3.63, 3.8) is 0 Å². The first kappa shape index (κ1) is 13.7. The zero-order valence-electron chi connectivity index (χ0n) is 10.6. The third-order valence-electron chi connectivity index (χ3n) is 2.63. The number of nitrogens with zero attached hydrogens (tertiary/aromatic N) is 2. The number of anilines is 1. The van der Waals surface area contributed by atoms with Crippen molar-refractivity contribution in [2.24, 2.45) is 5.73 Å². The fraction of sp³-hybridized carbons (Fsp3) is 0.667. The highest BCUT2D eigenvalue weighted by Gasteiger charge is 2.14. The number of hydrogen-bond acceptors (Lipinski definition) is 3. The topological polar surface area (TPSA) is 72.9 Å². The third-order valence-corrected chi connectivity index (χ3v) is 2.63. The zero-order chi connectivity index (χ0) is 12.7. The van der Waals surface area contributed by atoms with Gasteiger partial charge in [0.1, 0.15) is 5.82 Å². The van der Waals surface area contributed by atoms with Gasteiger partial charge in [-0.25, -0.2) is 4.68 Å². The van der Waals surface area contributed by atoms with Crippen LogP contribution in [0.5, 0.6) is 0 Å². The molecule has 0 saturated carbocycles. The van der Waals surface area contributed by atoms with Crippen LogP contribution >= 0.6 is 0 Å². The molecule has 1 rings (SSSR count). The van der Waals surface area contributed by atoms with Crippen LogP contribution in [0.25, 0.3) is 0 Å². The van der Waals surface area contributed by atoms with Gasteiger partial charge < -0.3 is 11.1 Å². The molecule has 0 saturated heterocycles. The lowest BCUT2D eigenvalue weighted by atomic mass is 10.2. The average Bonchev–Trinajstić information content (AvgIpc) is 2.74. The number of unbranched alkanes of at least 4 members (excludes halogenated alkanes) is 1. The van der Waals surface area contributed by atoms with Crippen LogP contribution in [0, 0.1) is 0 Å². The largest absolute Gasteiger partial charge is 0.320 e. The summed E-state index contributed by atoms with van der Waals surface area (Å²) in [6, 6.07) is 1.36. The second kappa shape index (κ2) is 7.06. The Morgan fingerprint density at radius 1 is 1.53 bits per heavy atom. The van der Waals surface area contributed by atoms with Crippen molar-refractivity contribution in [2.45, 2.75) is 52.1 Å². The van der Waals surface area contributed by atoms with Crippen LogP contribution in [0.4, 0.5) is 5.82 Å². The molecule has 1 unspecified atom stereocenters. The van der Waals surface area contributed by atoms with Crippen molar-refractivity contribution in [2.75, 3.05) is 5.32 Å². The fourth-order valence-electron chi connectivity index (χ4n) is 1.59. The Morgan fingerprint density at radius 3 is 2.94 bits per heavy atom. The SMILES string of the molecule is CCCCn1nccc1NC(=O)C(N)CCC. The monoisotopic (exact) mass is 238 g/mol. The summed E-state index contributed by atoms with van der Waals surface area (Å²) in [6.45, 7) is 4.96. The normalized spacial score (nSPS) is 12.4. The van der Waals surface area contributed by atoms with Gasteiger partial charge in [0.05, 0.1) is 12.2 Å². The van der Waals surface area contributed by atoms with E-state index in [-0.39, 0.29) is 5.91 Å². The van der Waals surface area contributed by atoms with Crippen molar-refractivity contribution >= 4 is 11.7 Å². The molecule has 17 heavy (non-hydrogen) atoms. The maximum atomic E-state index is 11.7. The maximum Gasteiger partial charge on any atom is 0.242 e. The molecule has 3 N–H and O–H groups in total. The highest BCUT2D eigenvalue weighted by atomic mass is 16.2. The van der Waals surface area contributed by atoms with Crippen LogP contribution in [0.2, 0.25) is 0 Å². The maximum absolute atomic E-state index is 11.7. The number of aryl methyl sites for hydroxylation is 1. The van der Waals surface area contributed by atoms with Gasteiger partial charge >= 0.3 is 0 Å². The predicted molar refractivity (Wildman–Crippen MR) is 68.6 cm³/mol. The molecule has 0 bridgehead atoms. The second-order valence-electron chi connectivity index (χ2n) is 4.18. The Hall–Kier alpha value is -1.36. The van der Waals surface area contributed by atoms with Crippen molar-refractivity contribution in [3.05, 3.63) is 12.3 Å². The minimum Gasteiger partial charge on any atom is -0.320 e. The molecule has 1 aromatic heterocycles. The number of rotatable bonds is 7. The molecule has 5 nitrogen and oxygen atoms in total. The van der Waals surface area contributed by atoms with Gasteiger partial charge in [-0.3, -0.25) is 4.79 Å². The summed E-state index contributed by atoms with van der Waals surface area (Å²) >= 11 is 0. The number of nitrogens with two attached hydrogens (primary N) is 1. The van der Waals surface area contributed by atoms with E-state index in [0.29, 0.717) is 6.42 Å². The predicted octanol–water partition coefficient (Wildman–Crippen LogP) is 1.75. The summed E-state index contributed by atoms with van der Waals surface area (Å²) in [4.78, 5) is 11.7. The molecule has 5 heteroatoms. The van der Waals surface area contributed by atoms with Crippen LogP contribution < -0.4 is 11.1 Å². The van der Waals surface area contributed by atoms with E-state index in [1.165, 1.54) is 0 Å². The Balaban J connectivity index is 2.55. The zero-order valence-corrected chi connectivity index (χ0v) is 10.6. The van der Waals surface area contributed by atoms with Crippen molar-refractivity contribution in [1.29, 1.82) is 0 Å². The van der Waals surface area contributed by atoms with E-state index in [1.54, 1.807) is 16.9 Å². The molecule has 0 fully saturated rings. The lowest BCUT2D eigenvalue weighted by Crippen LogP contribution is -2.36. The first-order valence-corrected chi connectivity index (χ1v) is 6.27. The van der Waals surface area contributed by atoms with Crippen LogP contribution in [0.1, 0.15) is 39.5 Å². The lowest BCUT2D eigenvalue weighted by Gasteiger charge is -2.12. The van der Waals surface area contributed by atoms with E-state index in [2.05, 4.69) is 17.3 Å². The summed E-state index contributed by atoms with van der Waals surface area (Å²) in [6.07, 6.45) is 5.45. The second-order valence-corrected chi connectivity index (χ2v) is 4.18. The number of carbonyl (C=O) groups is 1. The van der Waals surface area contributed by atoms with Gasteiger partial charge in [0, 0.05) is 12.6 Å². The van der Waals surface area contributed by atoms with Crippen molar-refractivity contribution < 1.29 is 4.79 Å². The Morgan fingerprint density at radius 2 is 2.29 bits per heavy atom. The van der Waals surface area contributed by atoms with Crippen molar-refractivity contribution in [3.8, 4) is 0 Å². The molecule has 1 heterocycles. The quantitative estimate of drug-likeness (QED) is 0.760. The first-order chi connectivity index (χ1) is 8.19. The molecule has 0 radical (unpaired) electrons. The van der Waals surface area contributed by atoms with E-state index in [4.69, 9.17) is 5.73 Å². The van der Waals surface area contributed by atoms with E-state index >= 15 is 0 Å². The number of aromatic nitrogens is 2. The summed E-state index contributed by atoms with van der Waals surface area (Å²) < 4.78 is 1.81. The third kappa shape index (κ3) is 4.19. The Bertz CT molecular complexity index is 348. The minimum absolute atomic E-state index is 0.134. The molecule has 1 aromatic rings. The summed E-state index contributed by atoms with van der Waals surface area (Å²) in [5, 5.41) is 6.99. The van der Waals surface area contributed by atoms with Gasteiger partial charge in [-0.2, -0.15) is 5.10 Å². The number of carbonyl (C=O) groups excluding carboxylic acids is 1. The van der Waals surface area contributed by atoms with Crippen LogP contribution in [-0.4, -0.2) is 21.7 Å². The minimum atomic E-state index is -0.436. The molecule has 0 aromatic carbocycles. The molecule has 0 aliphatic heterocycles. The van der Waals surface area contributed by atoms with Gasteiger partial charge in [-0.15, -0.1) is 0 Å². The molecule has 0 aliphatic rings. The summed E-state index contributed by atoms with van der Waals surface area (Å²) in [7, 11) is 0. The van der Waals surface area contributed by atoms with E-state index in [0.717, 1.165) is 31.6 Å². The van der Waals surface area contributed by atoms with Gasteiger partial charge in [-0.1, -0.05) is 26.7 Å². The fourth-order valence-corrected chi connectivity index (χ4v) is 1.59. The summed E-state index contributed by atoms with van der Waals surface area (Å²) in [5.41, 5.74) is 5.75. The van der Waals surface area contributed by atoms with Gasteiger partial charge in [0.15, 0.2) is 0 Å². The molecule has 1 amide bonds. The molecule has 0 spiro atoms. The van der Waals surface area contributed by atoms with Gasteiger partial charge in [-0.05, 0) is 12.8 Å². The van der Waals surface area contributed by atoms with E-state index in [9.17, 15) is 4.79 Å². The first-order valence-electron chi connectivity index (χ1n) is 6.27. The standard InChI is InChI=1S/C12H22N4O/c1-3-5-9-16-11(7-8-14-16)15-12(17)10(13)6-4-2/h7-8,10H,3-6,9,13H2,1-2H3,(H,15,17). The molecule has 0 aliphatic carbocycles. The number of hydrogen-bond donors (Lipinski definition) is 2. The highest BCUT2D eigenvalue weighted by molar-refractivity contribution is 5.93. The van der Waals surface area contributed by atoms with Crippen LogP contribution in [0.15, 0.2) is 12.3 Å². The van der Waals surface area contributed by atoms with Crippen LogP contribution in [-0.2, 0) is 11.3 Å². The molecular weight excluding hydrogens is 216 g/mol. The van der Waals surface area contributed by atoms with E-state index in [1.807, 2.05) is 6.92 Å². The molecular formula is C12H22N4O. The smallest absolute Gasteiger partial charge is 0.242 e. The van der Waals surface area contributed by atoms with E-state index < -0.39 is 6.04 Å². The Labute approximate surface area is 102 Å². The Kier molecular flexibility index (Phi) is 5.69. The van der Waals surface area contributed by atoms with Gasteiger partial charge in [0.25, 0.3) is 0 Å². The number of nitrogens with one attached hydrogen (secondary N) is 1. The average molecular weight is 238 g/mol. The number of amides is 1. The molecule has 96 valence electrons. The highest BCUT2D eigenvalue weighted by Crippen LogP contribution is 2.08. The van der Waals surface area contributed by atoms with Crippen LogP contribution in [0.3, 0.4) is 0 Å². The van der Waals surface area contributed by atoms with Gasteiger partial charge in [0.2, 0.25) is 5.91 Å². The van der Waals surface area contributed by atoms with Crippen molar-refractivity contribution in [1.82, 2.24) is 9.78 Å².